The number of benzene rings is 6. The van der Waals surface area contributed by atoms with Crippen LogP contribution in [0.1, 0.15) is 58.5 Å². The molecule has 0 aliphatic rings. The summed E-state index contributed by atoms with van der Waals surface area (Å²) in [6.45, 7) is 5.33. The highest BCUT2D eigenvalue weighted by Gasteiger charge is 2.10. The Bertz CT molecular complexity index is 2030. The van der Waals surface area contributed by atoms with Crippen molar-refractivity contribution in [3.05, 3.63) is 168 Å². The van der Waals surface area contributed by atoms with Crippen LogP contribution in [-0.4, -0.2) is 37.6 Å². The summed E-state index contributed by atoms with van der Waals surface area (Å²) in [6.07, 6.45) is 5.31. The van der Waals surface area contributed by atoms with Crippen LogP contribution in [0.2, 0.25) is 0 Å². The van der Waals surface area contributed by atoms with E-state index in [4.69, 9.17) is 23.7 Å². The molecule has 0 aliphatic heterocycles. The van der Waals surface area contributed by atoms with Gasteiger partial charge in [0, 0.05) is 12.4 Å². The minimum Gasteiger partial charge on any atom is -0.494 e. The Hall–Kier alpha value is -7.00. The molecule has 0 saturated carbocycles. The van der Waals surface area contributed by atoms with Crippen LogP contribution in [0, 0.1) is 0 Å². The molecule has 0 amide bonds. The van der Waals surface area contributed by atoms with E-state index in [1.54, 1.807) is 85.2 Å². The highest BCUT2D eigenvalue weighted by atomic mass is 16.5. The predicted octanol–water partition coefficient (Wildman–Crippen LogP) is 11.0. The molecule has 9 nitrogen and oxygen atoms in total. The van der Waals surface area contributed by atoms with Crippen molar-refractivity contribution in [1.82, 2.24) is 0 Å². The first-order valence-corrected chi connectivity index (χ1v) is 18.0. The molecule has 0 radical (unpaired) electrons. The average Bonchev–Trinajstić information content (AvgIpc) is 3.23. The number of hydrogen-bond acceptors (Lipinski definition) is 9. The fourth-order valence-electron chi connectivity index (χ4n) is 5.02. The Labute approximate surface area is 320 Å². The number of carbonyl (C=O) groups is 2. The number of aliphatic imine (C=N–C) groups is 2. The first-order chi connectivity index (χ1) is 26.9. The molecule has 55 heavy (non-hydrogen) atoms. The molecule has 0 aromatic heterocycles. The predicted molar refractivity (Wildman–Crippen MR) is 215 cm³/mol. The molecule has 0 saturated heterocycles. The van der Waals surface area contributed by atoms with Gasteiger partial charge < -0.3 is 23.7 Å². The number of ether oxygens (including phenoxy) is 5. The normalized spacial score (nSPS) is 11.0. The van der Waals surface area contributed by atoms with Crippen molar-refractivity contribution in [3.8, 4) is 34.5 Å². The first-order valence-electron chi connectivity index (χ1n) is 18.0. The highest BCUT2D eigenvalue weighted by molar-refractivity contribution is 5.92. The van der Waals surface area contributed by atoms with Gasteiger partial charge in [0.1, 0.15) is 34.5 Å². The van der Waals surface area contributed by atoms with Crippen LogP contribution < -0.4 is 23.7 Å². The van der Waals surface area contributed by atoms with Crippen molar-refractivity contribution >= 4 is 35.7 Å². The molecule has 9 heteroatoms. The molecule has 6 aromatic rings. The quantitative estimate of drug-likeness (QED) is 0.0554. The van der Waals surface area contributed by atoms with Gasteiger partial charge in [0.15, 0.2) is 0 Å². The minimum absolute atomic E-state index is 0.437. The van der Waals surface area contributed by atoms with Crippen LogP contribution in [0.5, 0.6) is 34.5 Å². The molecule has 0 N–H and O–H groups in total. The fourth-order valence-corrected chi connectivity index (χ4v) is 5.02. The second kappa shape index (κ2) is 19.2. The molecule has 0 fully saturated rings. The molecule has 0 atom stereocenters. The van der Waals surface area contributed by atoms with Crippen LogP contribution in [0.15, 0.2) is 156 Å². The molecule has 0 heterocycles. The molecular weight excluding hydrogens is 693 g/mol. The monoisotopic (exact) mass is 732 g/mol. The smallest absolute Gasteiger partial charge is 0.343 e. The third kappa shape index (κ3) is 11.5. The van der Waals surface area contributed by atoms with Crippen molar-refractivity contribution < 1.29 is 33.3 Å². The van der Waals surface area contributed by atoms with Crippen LogP contribution in [0.4, 0.5) is 11.4 Å². The van der Waals surface area contributed by atoms with Crippen molar-refractivity contribution in [2.24, 2.45) is 9.98 Å². The SMILES string of the molecule is CCCOc1ccc(C(=O)Oc2ccc(C=Nc3ccc(Oc4ccc(N=Cc5ccc(OC(=O)c6ccc(OCCC)cc6)cc5)cc4)cc3)cc2)cc1. The molecule has 0 bridgehead atoms. The van der Waals surface area contributed by atoms with Gasteiger partial charge in [0.05, 0.1) is 35.7 Å². The van der Waals surface area contributed by atoms with Gasteiger partial charge in [0.25, 0.3) is 0 Å². The van der Waals surface area contributed by atoms with E-state index in [1.165, 1.54) is 0 Å². The van der Waals surface area contributed by atoms with E-state index in [0.29, 0.717) is 47.3 Å². The third-order valence-electron chi connectivity index (χ3n) is 7.94. The summed E-state index contributed by atoms with van der Waals surface area (Å²) in [6, 6.07) is 43.0. The summed E-state index contributed by atoms with van der Waals surface area (Å²) >= 11 is 0. The van der Waals surface area contributed by atoms with E-state index in [9.17, 15) is 9.59 Å². The van der Waals surface area contributed by atoms with Gasteiger partial charge >= 0.3 is 11.9 Å². The number of hydrogen-bond donors (Lipinski definition) is 0. The van der Waals surface area contributed by atoms with Crippen molar-refractivity contribution in [1.29, 1.82) is 0 Å². The van der Waals surface area contributed by atoms with Gasteiger partial charge in [-0.3, -0.25) is 9.98 Å². The van der Waals surface area contributed by atoms with Gasteiger partial charge in [0.2, 0.25) is 0 Å². The zero-order valence-corrected chi connectivity index (χ0v) is 30.6. The second-order valence-corrected chi connectivity index (χ2v) is 12.3. The maximum atomic E-state index is 12.5. The summed E-state index contributed by atoms with van der Waals surface area (Å²) in [5.41, 5.74) is 4.12. The first kappa shape index (κ1) is 37.7. The van der Waals surface area contributed by atoms with E-state index in [0.717, 1.165) is 46.8 Å². The van der Waals surface area contributed by atoms with Crippen molar-refractivity contribution in [2.45, 2.75) is 26.7 Å². The van der Waals surface area contributed by atoms with E-state index in [1.807, 2.05) is 86.6 Å². The van der Waals surface area contributed by atoms with Crippen LogP contribution in [-0.2, 0) is 0 Å². The van der Waals surface area contributed by atoms with Crippen LogP contribution >= 0.6 is 0 Å². The van der Waals surface area contributed by atoms with Crippen molar-refractivity contribution in [3.63, 3.8) is 0 Å². The Kier molecular flexibility index (Phi) is 13.2. The minimum atomic E-state index is -0.437. The number of nitrogens with zero attached hydrogens (tertiary/aromatic N) is 2. The maximum absolute atomic E-state index is 12.5. The standard InChI is InChI=1S/C46H40N2O7/c1-3-29-51-39-21-9-35(10-22-39)45(49)54-43-17-5-33(6-18-43)31-47-37-13-25-41(26-14-37)53-42-27-15-38(16-28-42)48-32-34-7-19-44(20-8-34)55-46(50)36-11-23-40(24-12-36)52-30-4-2/h5-28,31-32H,3-4,29-30H2,1-2H3. The zero-order chi connectivity index (χ0) is 38.2. The second-order valence-electron chi connectivity index (χ2n) is 12.3. The molecule has 0 spiro atoms. The van der Waals surface area contributed by atoms with Gasteiger partial charge in [-0.1, -0.05) is 13.8 Å². The molecular formula is C46H40N2O7. The topological polar surface area (TPSA) is 105 Å². The maximum Gasteiger partial charge on any atom is 0.343 e. The zero-order valence-electron chi connectivity index (χ0n) is 30.6. The summed E-state index contributed by atoms with van der Waals surface area (Å²) < 4.78 is 28.2. The molecule has 6 rings (SSSR count). The number of esters is 2. The third-order valence-corrected chi connectivity index (χ3v) is 7.94. The summed E-state index contributed by atoms with van der Waals surface area (Å²) in [5.74, 6) is 2.79. The van der Waals surface area contributed by atoms with E-state index in [-0.39, 0.29) is 0 Å². The van der Waals surface area contributed by atoms with E-state index >= 15 is 0 Å². The Morgan fingerprint density at radius 1 is 0.436 bits per heavy atom. The highest BCUT2D eigenvalue weighted by Crippen LogP contribution is 2.26. The molecule has 6 aromatic carbocycles. The van der Waals surface area contributed by atoms with Crippen LogP contribution in [0.25, 0.3) is 0 Å². The summed E-state index contributed by atoms with van der Waals surface area (Å²) in [7, 11) is 0. The van der Waals surface area contributed by atoms with Crippen LogP contribution in [0.3, 0.4) is 0 Å². The Balaban J connectivity index is 0.943. The summed E-state index contributed by atoms with van der Waals surface area (Å²) in [4.78, 5) is 34.2. The largest absolute Gasteiger partial charge is 0.494 e. The fraction of sp³-hybridized carbons (Fsp3) is 0.130. The van der Waals surface area contributed by atoms with Gasteiger partial charge in [-0.05, 0) is 170 Å². The summed E-state index contributed by atoms with van der Waals surface area (Å²) in [5, 5.41) is 0. The van der Waals surface area contributed by atoms with E-state index in [2.05, 4.69) is 9.98 Å². The molecule has 0 aliphatic carbocycles. The lowest BCUT2D eigenvalue weighted by Gasteiger charge is -2.07. The average molecular weight is 733 g/mol. The lowest BCUT2D eigenvalue weighted by atomic mass is 10.2. The van der Waals surface area contributed by atoms with Crippen molar-refractivity contribution in [2.75, 3.05) is 13.2 Å². The number of rotatable bonds is 16. The van der Waals surface area contributed by atoms with Gasteiger partial charge in [-0.2, -0.15) is 0 Å². The van der Waals surface area contributed by atoms with Gasteiger partial charge in [-0.15, -0.1) is 0 Å². The Morgan fingerprint density at radius 2 is 0.764 bits per heavy atom. The van der Waals surface area contributed by atoms with Gasteiger partial charge in [-0.25, -0.2) is 9.59 Å². The number of carbonyl (C=O) groups excluding carboxylic acids is 2. The lowest BCUT2D eigenvalue weighted by Crippen LogP contribution is -2.08. The lowest BCUT2D eigenvalue weighted by molar-refractivity contribution is 0.0725. The molecule has 276 valence electrons. The Morgan fingerprint density at radius 3 is 1.11 bits per heavy atom. The van der Waals surface area contributed by atoms with E-state index < -0.39 is 11.9 Å². The molecule has 0 unspecified atom stereocenters.